The molecule has 2 heterocycles. The molecule has 0 bridgehead atoms. The number of sulfone groups is 1. The van der Waals surface area contributed by atoms with E-state index in [-0.39, 0.29) is 36.6 Å². The molecule has 4 rings (SSSR count). The maximum Gasteiger partial charge on any atom is 0.243 e. The minimum atomic E-state index is -3.67. The van der Waals surface area contributed by atoms with Gasteiger partial charge in [0.15, 0.2) is 9.84 Å². The minimum Gasteiger partial charge on any atom is -0.468 e. The van der Waals surface area contributed by atoms with E-state index in [4.69, 9.17) is 4.42 Å². The molecule has 0 radical (unpaired) electrons. The summed E-state index contributed by atoms with van der Waals surface area (Å²) >= 11 is 0. The second-order valence-electron chi connectivity index (χ2n) is 7.88. The third-order valence-electron chi connectivity index (χ3n) is 5.68. The molecule has 0 saturated carbocycles. The van der Waals surface area contributed by atoms with Gasteiger partial charge in [0.05, 0.1) is 16.4 Å². The maximum absolute atomic E-state index is 13.1. The molecular formula is C23H25NO5S2. The van der Waals surface area contributed by atoms with Crippen LogP contribution in [0.2, 0.25) is 0 Å². The van der Waals surface area contributed by atoms with Crippen molar-refractivity contribution in [1.29, 1.82) is 0 Å². The molecule has 31 heavy (non-hydrogen) atoms. The van der Waals surface area contributed by atoms with Gasteiger partial charge in [-0.25, -0.2) is 16.8 Å². The lowest BCUT2D eigenvalue weighted by atomic mass is 10.0. The highest BCUT2D eigenvalue weighted by Gasteiger charge is 2.35. The summed E-state index contributed by atoms with van der Waals surface area (Å²) in [5.74, 6) is 0.251. The van der Waals surface area contributed by atoms with Gasteiger partial charge in [0.25, 0.3) is 0 Å². The Kier molecular flexibility index (Phi) is 6.05. The van der Waals surface area contributed by atoms with E-state index in [0.717, 1.165) is 16.7 Å². The number of nitrogens with zero attached hydrogens (tertiary/aromatic N) is 1. The van der Waals surface area contributed by atoms with Crippen LogP contribution in [0.3, 0.4) is 0 Å². The van der Waals surface area contributed by atoms with E-state index in [9.17, 15) is 16.8 Å². The Balaban J connectivity index is 1.44. The molecule has 8 heteroatoms. The summed E-state index contributed by atoms with van der Waals surface area (Å²) in [5.41, 5.74) is 3.12. The van der Waals surface area contributed by atoms with Crippen molar-refractivity contribution in [2.45, 2.75) is 35.7 Å². The van der Waals surface area contributed by atoms with E-state index in [1.54, 1.807) is 24.3 Å². The van der Waals surface area contributed by atoms with Crippen LogP contribution in [-0.2, 0) is 25.6 Å². The van der Waals surface area contributed by atoms with Crippen LogP contribution in [-0.4, -0.2) is 39.5 Å². The van der Waals surface area contributed by atoms with Crippen molar-refractivity contribution in [3.63, 3.8) is 0 Å². The molecular weight excluding hydrogens is 434 g/mol. The molecule has 0 atom stereocenters. The number of rotatable bonds is 6. The number of hydrogen-bond donors (Lipinski definition) is 0. The fraction of sp³-hybridized carbons (Fsp3) is 0.304. The summed E-state index contributed by atoms with van der Waals surface area (Å²) in [6.45, 7) is 2.38. The fourth-order valence-corrected chi connectivity index (χ4v) is 7.13. The molecule has 1 fully saturated rings. The SMILES string of the molecule is Cc1cccc(-c2ccc(S(=O)(=O)N3CCC(S(=O)(=O)Cc4ccco4)CC3)cc2)c1. The molecule has 1 aliphatic heterocycles. The smallest absolute Gasteiger partial charge is 0.243 e. The molecule has 0 N–H and O–H groups in total. The number of furan rings is 1. The van der Waals surface area contributed by atoms with Gasteiger partial charge in [-0.15, -0.1) is 0 Å². The van der Waals surface area contributed by atoms with Crippen LogP contribution in [0.4, 0.5) is 0 Å². The van der Waals surface area contributed by atoms with Crippen LogP contribution < -0.4 is 0 Å². The summed E-state index contributed by atoms with van der Waals surface area (Å²) in [5, 5.41) is -0.562. The number of sulfonamides is 1. The summed E-state index contributed by atoms with van der Waals surface area (Å²) in [4.78, 5) is 0.223. The molecule has 1 saturated heterocycles. The normalized spacial score (nSPS) is 16.4. The van der Waals surface area contributed by atoms with Crippen molar-refractivity contribution < 1.29 is 21.3 Å². The van der Waals surface area contributed by atoms with Crippen molar-refractivity contribution in [1.82, 2.24) is 4.31 Å². The fourth-order valence-electron chi connectivity index (χ4n) is 3.94. The highest BCUT2D eigenvalue weighted by molar-refractivity contribution is 7.91. The first kappa shape index (κ1) is 21.8. The average Bonchev–Trinajstić information content (AvgIpc) is 3.26. The van der Waals surface area contributed by atoms with Crippen LogP contribution in [0.25, 0.3) is 11.1 Å². The maximum atomic E-state index is 13.1. The van der Waals surface area contributed by atoms with Gasteiger partial charge in [-0.1, -0.05) is 42.0 Å². The van der Waals surface area contributed by atoms with Crippen LogP contribution >= 0.6 is 0 Å². The first-order chi connectivity index (χ1) is 14.8. The van der Waals surface area contributed by atoms with Gasteiger partial charge < -0.3 is 4.42 Å². The van der Waals surface area contributed by atoms with Gasteiger partial charge >= 0.3 is 0 Å². The van der Waals surface area contributed by atoms with E-state index >= 15 is 0 Å². The third-order valence-corrected chi connectivity index (χ3v) is 9.76. The molecule has 3 aromatic rings. The molecule has 0 aliphatic carbocycles. The van der Waals surface area contributed by atoms with E-state index in [2.05, 4.69) is 6.07 Å². The van der Waals surface area contributed by atoms with Gasteiger partial charge in [0.1, 0.15) is 11.5 Å². The zero-order chi connectivity index (χ0) is 22.1. The predicted octanol–water partition coefficient (Wildman–Crippen LogP) is 4.02. The Bertz CT molecular complexity index is 1240. The van der Waals surface area contributed by atoms with Gasteiger partial charge in [-0.2, -0.15) is 4.31 Å². The van der Waals surface area contributed by atoms with Gasteiger partial charge in [-0.05, 0) is 55.2 Å². The average molecular weight is 460 g/mol. The van der Waals surface area contributed by atoms with E-state index in [1.807, 2.05) is 37.3 Å². The Morgan fingerprint density at radius 3 is 2.23 bits per heavy atom. The van der Waals surface area contributed by atoms with Crippen molar-refractivity contribution in [2.75, 3.05) is 13.1 Å². The first-order valence-electron chi connectivity index (χ1n) is 10.2. The zero-order valence-electron chi connectivity index (χ0n) is 17.3. The summed E-state index contributed by atoms with van der Waals surface area (Å²) in [6.07, 6.45) is 2.01. The summed E-state index contributed by atoms with van der Waals surface area (Å²) in [6, 6.07) is 18.2. The van der Waals surface area contributed by atoms with E-state index in [0.29, 0.717) is 5.76 Å². The second kappa shape index (κ2) is 8.61. The summed E-state index contributed by atoms with van der Waals surface area (Å²) < 4.78 is 58.0. The number of piperidine rings is 1. The summed E-state index contributed by atoms with van der Waals surface area (Å²) in [7, 11) is -7.06. The third kappa shape index (κ3) is 4.76. The largest absolute Gasteiger partial charge is 0.468 e. The van der Waals surface area contributed by atoms with Crippen LogP contribution in [0.5, 0.6) is 0 Å². The van der Waals surface area contributed by atoms with Gasteiger partial charge in [-0.3, -0.25) is 0 Å². The molecule has 0 amide bonds. The lowest BCUT2D eigenvalue weighted by Crippen LogP contribution is -2.42. The molecule has 2 aromatic carbocycles. The molecule has 164 valence electrons. The minimum absolute atomic E-state index is 0.155. The van der Waals surface area contributed by atoms with Crippen LogP contribution in [0, 0.1) is 6.92 Å². The van der Waals surface area contributed by atoms with Crippen molar-refractivity contribution >= 4 is 19.9 Å². The van der Waals surface area contributed by atoms with E-state index < -0.39 is 25.1 Å². The Hall–Kier alpha value is -2.42. The van der Waals surface area contributed by atoms with E-state index in [1.165, 1.54) is 10.6 Å². The molecule has 0 spiro atoms. The molecule has 6 nitrogen and oxygen atoms in total. The Morgan fingerprint density at radius 1 is 0.903 bits per heavy atom. The topological polar surface area (TPSA) is 84.7 Å². The van der Waals surface area contributed by atoms with Crippen LogP contribution in [0.1, 0.15) is 24.2 Å². The van der Waals surface area contributed by atoms with Crippen molar-refractivity contribution in [3.8, 4) is 11.1 Å². The number of benzene rings is 2. The number of hydrogen-bond acceptors (Lipinski definition) is 5. The highest BCUT2D eigenvalue weighted by Crippen LogP contribution is 2.28. The number of aryl methyl sites for hydroxylation is 1. The Morgan fingerprint density at radius 2 is 1.61 bits per heavy atom. The molecule has 1 aromatic heterocycles. The van der Waals surface area contributed by atoms with Gasteiger partial charge in [0.2, 0.25) is 10.0 Å². The lowest BCUT2D eigenvalue weighted by Gasteiger charge is -2.30. The standard InChI is InChI=1S/C23H25NO5S2/c1-18-4-2-5-20(16-18)19-7-9-23(10-8-19)31(27,28)24-13-11-22(12-14-24)30(25,26)17-21-6-3-15-29-21/h2-10,15-16,22H,11-14,17H2,1H3. The van der Waals surface area contributed by atoms with Gasteiger partial charge in [0, 0.05) is 13.1 Å². The lowest BCUT2D eigenvalue weighted by molar-refractivity contribution is 0.345. The molecule has 1 aliphatic rings. The highest BCUT2D eigenvalue weighted by atomic mass is 32.2. The predicted molar refractivity (Wildman–Crippen MR) is 120 cm³/mol. The second-order valence-corrected chi connectivity index (χ2v) is 12.1. The quantitative estimate of drug-likeness (QED) is 0.556. The van der Waals surface area contributed by atoms with Crippen molar-refractivity contribution in [2.24, 2.45) is 0 Å². The zero-order valence-corrected chi connectivity index (χ0v) is 18.9. The first-order valence-corrected chi connectivity index (χ1v) is 13.3. The monoisotopic (exact) mass is 459 g/mol. The molecule has 0 unspecified atom stereocenters. The van der Waals surface area contributed by atoms with Crippen LogP contribution in [0.15, 0.2) is 76.2 Å². The Labute approximate surface area is 183 Å². The van der Waals surface area contributed by atoms with Crippen molar-refractivity contribution in [3.05, 3.63) is 78.3 Å².